The van der Waals surface area contributed by atoms with E-state index in [9.17, 15) is 0 Å². The molecule has 4 nitrogen and oxygen atoms in total. The van der Waals surface area contributed by atoms with Crippen molar-refractivity contribution < 1.29 is 0 Å². The van der Waals surface area contributed by atoms with Gasteiger partial charge in [-0.3, -0.25) is 4.98 Å². The third-order valence-corrected chi connectivity index (χ3v) is 2.81. The molecule has 1 N–H and O–H groups in total. The minimum atomic E-state index is 0.304. The van der Waals surface area contributed by atoms with Gasteiger partial charge < -0.3 is 5.32 Å². The van der Waals surface area contributed by atoms with E-state index in [4.69, 9.17) is 0 Å². The summed E-state index contributed by atoms with van der Waals surface area (Å²) in [5, 5.41) is 3.25. The molecule has 0 amide bonds. The maximum atomic E-state index is 4.47. The maximum absolute atomic E-state index is 4.47. The number of rotatable bonds is 4. The van der Waals surface area contributed by atoms with E-state index in [1.807, 2.05) is 24.3 Å². The van der Waals surface area contributed by atoms with Gasteiger partial charge in [0.05, 0.1) is 12.2 Å². The summed E-state index contributed by atoms with van der Waals surface area (Å²) in [5.74, 6) is 1.94. The average Bonchev–Trinajstić information content (AvgIpc) is 2.37. The van der Waals surface area contributed by atoms with E-state index in [0.29, 0.717) is 12.5 Å². The molecule has 0 saturated heterocycles. The van der Waals surface area contributed by atoms with Crippen molar-refractivity contribution in [1.82, 2.24) is 15.0 Å². The summed E-state index contributed by atoms with van der Waals surface area (Å²) in [6.45, 7) is 4.80. The average molecular weight is 307 g/mol. The standard InChI is InChI=1S/C13H15BrN4/c1-9(2)13-17-11(14)7-12(18-13)16-8-10-5-3-4-6-15-10/h3-7,9H,8H2,1-2H3,(H,16,17,18). The van der Waals surface area contributed by atoms with E-state index in [2.05, 4.69) is 50.0 Å². The van der Waals surface area contributed by atoms with Crippen molar-refractivity contribution in [1.29, 1.82) is 0 Å². The number of nitrogens with one attached hydrogen (secondary N) is 1. The second-order valence-electron chi connectivity index (χ2n) is 4.26. The van der Waals surface area contributed by atoms with Gasteiger partial charge in [0.1, 0.15) is 16.2 Å². The van der Waals surface area contributed by atoms with Gasteiger partial charge in [0.2, 0.25) is 0 Å². The van der Waals surface area contributed by atoms with Crippen LogP contribution in [-0.4, -0.2) is 15.0 Å². The SMILES string of the molecule is CC(C)c1nc(Br)cc(NCc2ccccn2)n1. The van der Waals surface area contributed by atoms with Gasteiger partial charge in [-0.15, -0.1) is 0 Å². The van der Waals surface area contributed by atoms with Crippen LogP contribution in [0, 0.1) is 0 Å². The number of hydrogen-bond acceptors (Lipinski definition) is 4. The highest BCUT2D eigenvalue weighted by atomic mass is 79.9. The number of halogens is 1. The molecule has 2 heterocycles. The molecule has 94 valence electrons. The molecule has 2 aromatic rings. The Bertz CT molecular complexity index is 514. The summed E-state index contributed by atoms with van der Waals surface area (Å²) in [4.78, 5) is 13.1. The highest BCUT2D eigenvalue weighted by molar-refractivity contribution is 9.10. The predicted molar refractivity (Wildman–Crippen MR) is 75.4 cm³/mol. The molecule has 2 rings (SSSR count). The van der Waals surface area contributed by atoms with Crippen molar-refractivity contribution in [3.05, 3.63) is 46.6 Å². The first-order valence-corrected chi connectivity index (χ1v) is 6.62. The van der Waals surface area contributed by atoms with Gasteiger partial charge in [-0.25, -0.2) is 9.97 Å². The maximum Gasteiger partial charge on any atom is 0.134 e. The Kier molecular flexibility index (Phi) is 4.25. The molecular weight excluding hydrogens is 292 g/mol. The Morgan fingerprint density at radius 1 is 1.28 bits per heavy atom. The zero-order chi connectivity index (χ0) is 13.0. The number of aromatic nitrogens is 3. The molecule has 0 atom stereocenters. The molecule has 0 unspecified atom stereocenters. The van der Waals surface area contributed by atoms with Gasteiger partial charge in [-0.2, -0.15) is 0 Å². The normalized spacial score (nSPS) is 10.7. The van der Waals surface area contributed by atoms with E-state index in [1.165, 1.54) is 0 Å². The number of hydrogen-bond donors (Lipinski definition) is 1. The van der Waals surface area contributed by atoms with Crippen LogP contribution in [0.3, 0.4) is 0 Å². The molecule has 5 heteroatoms. The van der Waals surface area contributed by atoms with Crippen LogP contribution in [0.4, 0.5) is 5.82 Å². The lowest BCUT2D eigenvalue weighted by atomic mass is 10.2. The quantitative estimate of drug-likeness (QED) is 0.880. The number of anilines is 1. The number of pyridine rings is 1. The van der Waals surface area contributed by atoms with Gasteiger partial charge in [0.25, 0.3) is 0 Å². The van der Waals surface area contributed by atoms with Crippen LogP contribution in [0.2, 0.25) is 0 Å². The Morgan fingerprint density at radius 2 is 2.11 bits per heavy atom. The fourth-order valence-electron chi connectivity index (χ4n) is 1.47. The highest BCUT2D eigenvalue weighted by Crippen LogP contribution is 2.17. The van der Waals surface area contributed by atoms with Crippen LogP contribution in [0.25, 0.3) is 0 Å². The lowest BCUT2D eigenvalue weighted by Gasteiger charge is -2.09. The second kappa shape index (κ2) is 5.91. The fourth-order valence-corrected chi connectivity index (χ4v) is 1.87. The molecule has 0 aliphatic rings. The molecule has 0 radical (unpaired) electrons. The molecule has 0 fully saturated rings. The first kappa shape index (κ1) is 13.0. The largest absolute Gasteiger partial charge is 0.364 e. The Morgan fingerprint density at radius 3 is 2.78 bits per heavy atom. The monoisotopic (exact) mass is 306 g/mol. The van der Waals surface area contributed by atoms with Gasteiger partial charge in [0.15, 0.2) is 0 Å². The third kappa shape index (κ3) is 3.50. The van der Waals surface area contributed by atoms with Gasteiger partial charge in [0, 0.05) is 18.2 Å². The summed E-state index contributed by atoms with van der Waals surface area (Å²) < 4.78 is 0.796. The van der Waals surface area contributed by atoms with Crippen molar-refractivity contribution in [2.75, 3.05) is 5.32 Å². The van der Waals surface area contributed by atoms with Gasteiger partial charge in [-0.1, -0.05) is 19.9 Å². The molecule has 0 aliphatic heterocycles. The minimum Gasteiger partial charge on any atom is -0.364 e. The molecule has 0 aliphatic carbocycles. The van der Waals surface area contributed by atoms with Crippen molar-refractivity contribution in [3.8, 4) is 0 Å². The van der Waals surface area contributed by atoms with Crippen LogP contribution in [0.1, 0.15) is 31.3 Å². The van der Waals surface area contributed by atoms with E-state index in [-0.39, 0.29) is 0 Å². The predicted octanol–water partition coefficient (Wildman–Crippen LogP) is 3.37. The lowest BCUT2D eigenvalue weighted by Crippen LogP contribution is -2.06. The van der Waals surface area contributed by atoms with Crippen molar-refractivity contribution in [2.24, 2.45) is 0 Å². The topological polar surface area (TPSA) is 50.7 Å². The summed E-state index contributed by atoms with van der Waals surface area (Å²) in [7, 11) is 0. The molecular formula is C13H15BrN4. The highest BCUT2D eigenvalue weighted by Gasteiger charge is 2.06. The second-order valence-corrected chi connectivity index (χ2v) is 5.08. The first-order valence-electron chi connectivity index (χ1n) is 5.83. The van der Waals surface area contributed by atoms with Crippen molar-refractivity contribution in [3.63, 3.8) is 0 Å². The molecule has 18 heavy (non-hydrogen) atoms. The van der Waals surface area contributed by atoms with Crippen molar-refractivity contribution in [2.45, 2.75) is 26.3 Å². The van der Waals surface area contributed by atoms with Gasteiger partial charge >= 0.3 is 0 Å². The molecule has 0 aromatic carbocycles. The Hall–Kier alpha value is -1.49. The van der Waals surface area contributed by atoms with Crippen LogP contribution in [0.15, 0.2) is 35.1 Å². The van der Waals surface area contributed by atoms with E-state index in [1.54, 1.807) is 6.20 Å². The van der Waals surface area contributed by atoms with Crippen LogP contribution in [-0.2, 0) is 6.54 Å². The zero-order valence-corrected chi connectivity index (χ0v) is 12.0. The van der Waals surface area contributed by atoms with Crippen LogP contribution >= 0.6 is 15.9 Å². The Labute approximate surface area is 115 Å². The van der Waals surface area contributed by atoms with E-state index >= 15 is 0 Å². The smallest absolute Gasteiger partial charge is 0.134 e. The minimum absolute atomic E-state index is 0.304. The third-order valence-electron chi connectivity index (χ3n) is 2.41. The summed E-state index contributed by atoms with van der Waals surface area (Å²) in [6.07, 6.45) is 1.78. The van der Waals surface area contributed by atoms with Crippen LogP contribution < -0.4 is 5.32 Å². The fraction of sp³-hybridized carbons (Fsp3) is 0.308. The molecule has 0 saturated carbocycles. The lowest BCUT2D eigenvalue weighted by molar-refractivity contribution is 0.769. The van der Waals surface area contributed by atoms with Gasteiger partial charge in [-0.05, 0) is 28.1 Å². The van der Waals surface area contributed by atoms with E-state index < -0.39 is 0 Å². The molecule has 2 aromatic heterocycles. The van der Waals surface area contributed by atoms with Crippen molar-refractivity contribution >= 4 is 21.7 Å². The summed E-state index contributed by atoms with van der Waals surface area (Å²) in [5.41, 5.74) is 0.985. The zero-order valence-electron chi connectivity index (χ0n) is 10.4. The molecule has 0 spiro atoms. The van der Waals surface area contributed by atoms with E-state index in [0.717, 1.165) is 21.9 Å². The first-order chi connectivity index (χ1) is 8.65. The molecule has 0 bridgehead atoms. The summed E-state index contributed by atoms with van der Waals surface area (Å²) in [6, 6.07) is 7.72. The summed E-state index contributed by atoms with van der Waals surface area (Å²) >= 11 is 3.40. The number of nitrogens with zero attached hydrogens (tertiary/aromatic N) is 3. The van der Waals surface area contributed by atoms with Crippen LogP contribution in [0.5, 0.6) is 0 Å². The Balaban J connectivity index is 2.10.